The highest BCUT2D eigenvalue weighted by Crippen LogP contribution is 2.63. The molecular formula is C18H33NO. The SMILES string of the molecule is C=C1CC[C@@]2(NC)C(C)(C)CCC[C@]2(C)[C@H]1CCCO. The number of rotatable bonds is 4. The lowest BCUT2D eigenvalue weighted by atomic mass is 9.42. The van der Waals surface area contributed by atoms with Crippen LogP contribution in [0.4, 0.5) is 0 Å². The molecule has 0 aromatic carbocycles. The van der Waals surface area contributed by atoms with Gasteiger partial charge in [0, 0.05) is 12.1 Å². The fourth-order valence-corrected chi connectivity index (χ4v) is 5.73. The summed E-state index contributed by atoms with van der Waals surface area (Å²) in [6.45, 7) is 12.1. The molecule has 2 saturated carbocycles. The summed E-state index contributed by atoms with van der Waals surface area (Å²) in [5.74, 6) is 0.551. The van der Waals surface area contributed by atoms with Crippen molar-refractivity contribution in [1.82, 2.24) is 5.32 Å². The van der Waals surface area contributed by atoms with E-state index in [-0.39, 0.29) is 11.0 Å². The van der Waals surface area contributed by atoms with Gasteiger partial charge in [-0.15, -0.1) is 0 Å². The van der Waals surface area contributed by atoms with Crippen molar-refractivity contribution in [2.45, 2.75) is 71.3 Å². The lowest BCUT2D eigenvalue weighted by Gasteiger charge is -2.66. The second kappa shape index (κ2) is 5.46. The molecule has 3 atom stereocenters. The van der Waals surface area contributed by atoms with Crippen LogP contribution in [0.2, 0.25) is 0 Å². The molecule has 2 heteroatoms. The van der Waals surface area contributed by atoms with Crippen LogP contribution in [0.5, 0.6) is 0 Å². The zero-order valence-electron chi connectivity index (χ0n) is 13.9. The van der Waals surface area contributed by atoms with Crippen molar-refractivity contribution in [3.63, 3.8) is 0 Å². The Balaban J connectivity index is 2.43. The van der Waals surface area contributed by atoms with Gasteiger partial charge in [-0.1, -0.05) is 39.3 Å². The third-order valence-electron chi connectivity index (χ3n) is 6.79. The Bertz CT molecular complexity index is 376. The Morgan fingerprint density at radius 1 is 1.25 bits per heavy atom. The predicted octanol–water partition coefficient (Wildman–Crippen LogP) is 3.90. The lowest BCUT2D eigenvalue weighted by Crippen LogP contribution is -2.70. The summed E-state index contributed by atoms with van der Waals surface area (Å²) in [7, 11) is 2.16. The molecule has 0 saturated heterocycles. The maximum atomic E-state index is 9.24. The molecule has 0 unspecified atom stereocenters. The normalized spacial score (nSPS) is 40.5. The summed E-state index contributed by atoms with van der Waals surface area (Å²) in [4.78, 5) is 0. The molecule has 0 aliphatic heterocycles. The van der Waals surface area contributed by atoms with Gasteiger partial charge < -0.3 is 10.4 Å². The van der Waals surface area contributed by atoms with Crippen LogP contribution in [0.3, 0.4) is 0 Å². The van der Waals surface area contributed by atoms with E-state index < -0.39 is 0 Å². The highest BCUT2D eigenvalue weighted by molar-refractivity contribution is 5.24. The summed E-state index contributed by atoms with van der Waals surface area (Å²) in [6, 6.07) is 0. The van der Waals surface area contributed by atoms with Gasteiger partial charge in [0.05, 0.1) is 0 Å². The molecule has 0 spiro atoms. The van der Waals surface area contributed by atoms with E-state index in [9.17, 15) is 5.11 Å². The summed E-state index contributed by atoms with van der Waals surface area (Å²) >= 11 is 0. The molecule has 2 aliphatic rings. The van der Waals surface area contributed by atoms with E-state index >= 15 is 0 Å². The van der Waals surface area contributed by atoms with Crippen LogP contribution in [0.15, 0.2) is 12.2 Å². The second-order valence-electron chi connectivity index (χ2n) is 7.89. The number of hydrogen-bond acceptors (Lipinski definition) is 2. The van der Waals surface area contributed by atoms with E-state index in [1.165, 1.54) is 31.3 Å². The molecule has 0 bridgehead atoms. The lowest BCUT2D eigenvalue weighted by molar-refractivity contribution is -0.100. The van der Waals surface area contributed by atoms with E-state index in [0.29, 0.717) is 17.9 Å². The number of aliphatic hydroxyl groups is 1. The number of hydrogen-bond donors (Lipinski definition) is 2. The third-order valence-corrected chi connectivity index (χ3v) is 6.79. The average Bonchev–Trinajstić information content (AvgIpc) is 2.37. The van der Waals surface area contributed by atoms with Crippen molar-refractivity contribution in [3.05, 3.63) is 12.2 Å². The minimum absolute atomic E-state index is 0.208. The van der Waals surface area contributed by atoms with Gasteiger partial charge in [0.25, 0.3) is 0 Å². The van der Waals surface area contributed by atoms with Crippen molar-refractivity contribution in [1.29, 1.82) is 0 Å². The molecule has 20 heavy (non-hydrogen) atoms. The Morgan fingerprint density at radius 2 is 1.95 bits per heavy atom. The van der Waals surface area contributed by atoms with Gasteiger partial charge in [0.1, 0.15) is 0 Å². The number of allylic oxidation sites excluding steroid dienone is 1. The van der Waals surface area contributed by atoms with Gasteiger partial charge in [0.15, 0.2) is 0 Å². The van der Waals surface area contributed by atoms with E-state index in [2.05, 4.69) is 39.7 Å². The van der Waals surface area contributed by atoms with E-state index in [1.807, 2.05) is 0 Å². The van der Waals surface area contributed by atoms with Crippen LogP contribution in [0.25, 0.3) is 0 Å². The van der Waals surface area contributed by atoms with Gasteiger partial charge in [0.2, 0.25) is 0 Å². The van der Waals surface area contributed by atoms with Crippen LogP contribution in [-0.4, -0.2) is 24.3 Å². The Kier molecular flexibility index (Phi) is 4.37. The van der Waals surface area contributed by atoms with E-state index in [4.69, 9.17) is 0 Å². The minimum Gasteiger partial charge on any atom is -0.396 e. The van der Waals surface area contributed by atoms with Crippen LogP contribution >= 0.6 is 0 Å². The van der Waals surface area contributed by atoms with Crippen LogP contribution in [-0.2, 0) is 0 Å². The highest BCUT2D eigenvalue weighted by Gasteiger charge is 2.62. The zero-order chi connectivity index (χ0) is 15.0. The Hall–Kier alpha value is -0.340. The summed E-state index contributed by atoms with van der Waals surface area (Å²) < 4.78 is 0. The predicted molar refractivity (Wildman–Crippen MR) is 85.7 cm³/mol. The van der Waals surface area contributed by atoms with Crippen LogP contribution < -0.4 is 5.32 Å². The minimum atomic E-state index is 0.208. The van der Waals surface area contributed by atoms with Crippen molar-refractivity contribution in [2.75, 3.05) is 13.7 Å². The third kappa shape index (κ3) is 2.07. The quantitative estimate of drug-likeness (QED) is 0.765. The number of aliphatic hydroxyl groups excluding tert-OH is 1. The first kappa shape index (κ1) is 16.0. The summed E-state index contributed by atoms with van der Waals surface area (Å²) in [6.07, 6.45) is 8.24. The van der Waals surface area contributed by atoms with Crippen LogP contribution in [0, 0.1) is 16.7 Å². The summed E-state index contributed by atoms with van der Waals surface area (Å²) in [5.41, 5.74) is 2.23. The van der Waals surface area contributed by atoms with Gasteiger partial charge in [-0.3, -0.25) is 0 Å². The molecule has 116 valence electrons. The maximum Gasteiger partial charge on any atom is 0.0431 e. The highest BCUT2D eigenvalue weighted by atomic mass is 16.2. The van der Waals surface area contributed by atoms with Gasteiger partial charge >= 0.3 is 0 Å². The largest absolute Gasteiger partial charge is 0.396 e. The van der Waals surface area contributed by atoms with E-state index in [1.54, 1.807) is 0 Å². The van der Waals surface area contributed by atoms with Gasteiger partial charge in [-0.05, 0) is 62.3 Å². The van der Waals surface area contributed by atoms with Gasteiger partial charge in [-0.2, -0.15) is 0 Å². The fourth-order valence-electron chi connectivity index (χ4n) is 5.73. The molecule has 2 nitrogen and oxygen atoms in total. The molecule has 2 aliphatic carbocycles. The molecule has 0 heterocycles. The number of fused-ring (bicyclic) bond motifs is 1. The molecule has 0 aromatic heterocycles. The average molecular weight is 279 g/mol. The van der Waals surface area contributed by atoms with Crippen molar-refractivity contribution >= 4 is 0 Å². The first-order chi connectivity index (χ1) is 9.34. The summed E-state index contributed by atoms with van der Waals surface area (Å²) in [5, 5.41) is 13.0. The topological polar surface area (TPSA) is 32.3 Å². The second-order valence-corrected chi connectivity index (χ2v) is 7.89. The zero-order valence-corrected chi connectivity index (χ0v) is 13.9. The molecule has 2 fully saturated rings. The van der Waals surface area contributed by atoms with Crippen LogP contribution in [0.1, 0.15) is 65.7 Å². The molecule has 0 radical (unpaired) electrons. The molecule has 2 N–H and O–H groups in total. The van der Waals surface area contributed by atoms with Gasteiger partial charge in [-0.25, -0.2) is 0 Å². The molecule has 0 amide bonds. The van der Waals surface area contributed by atoms with Crippen molar-refractivity contribution in [3.8, 4) is 0 Å². The monoisotopic (exact) mass is 279 g/mol. The van der Waals surface area contributed by atoms with Crippen molar-refractivity contribution < 1.29 is 5.11 Å². The van der Waals surface area contributed by atoms with E-state index in [0.717, 1.165) is 19.3 Å². The van der Waals surface area contributed by atoms with Crippen molar-refractivity contribution in [2.24, 2.45) is 16.7 Å². The fraction of sp³-hybridized carbons (Fsp3) is 0.889. The Morgan fingerprint density at radius 3 is 2.55 bits per heavy atom. The first-order valence-electron chi connectivity index (χ1n) is 8.32. The standard InChI is InChI=1S/C18H33NO/c1-14-9-12-18(19-5)16(2,3)10-7-11-17(18,4)15(14)8-6-13-20/h15,19-20H,1,6-13H2,2-5H3/t15-,17+,18+/m0/s1. The Labute approximate surface area is 125 Å². The maximum absolute atomic E-state index is 9.24. The molecule has 2 rings (SSSR count). The molecular weight excluding hydrogens is 246 g/mol. The molecule has 0 aromatic rings. The number of nitrogens with one attached hydrogen (secondary N) is 1. The first-order valence-corrected chi connectivity index (χ1v) is 8.32. The smallest absolute Gasteiger partial charge is 0.0431 e.